The summed E-state index contributed by atoms with van der Waals surface area (Å²) in [6.07, 6.45) is -2.24. The van der Waals surface area contributed by atoms with E-state index < -0.39 is 30.5 Å². The monoisotopic (exact) mass is 776 g/mol. The molecule has 0 spiro atoms. The first-order valence-corrected chi connectivity index (χ1v) is 18.8. The van der Waals surface area contributed by atoms with Gasteiger partial charge in [-0.05, 0) is 12.8 Å². The maximum atomic E-state index is 13.1. The summed E-state index contributed by atoms with van der Waals surface area (Å²) >= 11 is 28.6. The quantitative estimate of drug-likeness (QED) is 0.0319. The Balaban J connectivity index is 4.74. The van der Waals surface area contributed by atoms with Gasteiger partial charge in [0.05, 0.1) is 36.4 Å². The van der Waals surface area contributed by atoms with Crippen LogP contribution in [0.4, 0.5) is 0 Å². The molecule has 0 aliphatic rings. The number of carbonyl (C=O) groups excluding carboxylic acids is 2. The second-order valence-corrected chi connectivity index (χ2v) is 13.0. The fraction of sp³-hybridized carbons (Fsp3) is 0.931. The summed E-state index contributed by atoms with van der Waals surface area (Å²) in [6.45, 7) is 5.17. The average Bonchev–Trinajstić information content (AvgIpc) is 3.07. The summed E-state index contributed by atoms with van der Waals surface area (Å²) in [5, 5.41) is 58.5. The molecule has 5 atom stereocenters. The van der Waals surface area contributed by atoms with Crippen molar-refractivity contribution in [1.29, 1.82) is 0 Å². The van der Waals surface area contributed by atoms with Crippen LogP contribution in [0, 0.1) is 0 Å². The number of aliphatic hydroxyl groups is 5. The van der Waals surface area contributed by atoms with Gasteiger partial charge in [-0.25, -0.2) is 0 Å². The summed E-state index contributed by atoms with van der Waals surface area (Å²) in [4.78, 5) is 31.0. The van der Waals surface area contributed by atoms with E-state index in [0.717, 1.165) is 0 Å². The van der Waals surface area contributed by atoms with Gasteiger partial charge in [-0.2, -0.15) is 0 Å². The lowest BCUT2D eigenvalue weighted by atomic mass is 10.1. The minimum atomic E-state index is -0.898. The standard InChI is InChI=1S/C29H57Cl5N6O7/c30-13-23(41)18-35-5-8-38(20-25(43)15-32)10-7-37-28(46)3-1-2-4-29(47)40(22-27(45)17-34)12-11-39(21-26(44)16-33)9-6-36-19-24(42)14-31/h23-27,35-36,41-45H,1-22H2,(H,37,46). The first-order chi connectivity index (χ1) is 22.5. The third-order valence-electron chi connectivity index (χ3n) is 7.06. The minimum Gasteiger partial charge on any atom is -0.391 e. The van der Waals surface area contributed by atoms with Crippen molar-refractivity contribution in [2.24, 2.45) is 0 Å². The van der Waals surface area contributed by atoms with Crippen LogP contribution in [-0.4, -0.2) is 197 Å². The number of alkyl halides is 5. The van der Waals surface area contributed by atoms with E-state index in [2.05, 4.69) is 16.0 Å². The second kappa shape index (κ2) is 30.8. The zero-order valence-corrected chi connectivity index (χ0v) is 31.0. The van der Waals surface area contributed by atoms with Crippen LogP contribution < -0.4 is 16.0 Å². The van der Waals surface area contributed by atoms with Crippen LogP contribution in [0.15, 0.2) is 0 Å². The number of unbranched alkanes of at least 4 members (excludes halogenated alkanes) is 1. The third kappa shape index (κ3) is 26.5. The van der Waals surface area contributed by atoms with Crippen molar-refractivity contribution < 1.29 is 35.1 Å². The number of hydrogen-bond donors (Lipinski definition) is 8. The van der Waals surface area contributed by atoms with E-state index in [-0.39, 0.29) is 60.6 Å². The molecule has 47 heavy (non-hydrogen) atoms. The van der Waals surface area contributed by atoms with E-state index in [4.69, 9.17) is 58.0 Å². The lowest BCUT2D eigenvalue weighted by molar-refractivity contribution is -0.133. The van der Waals surface area contributed by atoms with Crippen LogP contribution in [0.25, 0.3) is 0 Å². The zero-order valence-electron chi connectivity index (χ0n) is 27.2. The molecule has 18 heteroatoms. The number of hydrogen-bond acceptors (Lipinski definition) is 11. The largest absolute Gasteiger partial charge is 0.391 e. The Morgan fingerprint density at radius 2 is 0.957 bits per heavy atom. The van der Waals surface area contributed by atoms with Crippen LogP contribution in [0.3, 0.4) is 0 Å². The molecular formula is C29H57Cl5N6O7. The van der Waals surface area contributed by atoms with Crippen LogP contribution in [0.1, 0.15) is 25.7 Å². The Labute approximate surface area is 305 Å². The van der Waals surface area contributed by atoms with Gasteiger partial charge in [-0.15, -0.1) is 58.0 Å². The van der Waals surface area contributed by atoms with E-state index in [1.807, 2.05) is 9.80 Å². The van der Waals surface area contributed by atoms with Crippen molar-refractivity contribution in [3.05, 3.63) is 0 Å². The van der Waals surface area contributed by atoms with Crippen molar-refractivity contribution in [2.75, 3.05) is 114 Å². The molecule has 13 nitrogen and oxygen atoms in total. The summed E-state index contributed by atoms with van der Waals surface area (Å²) < 4.78 is 0. The third-order valence-corrected chi connectivity index (χ3v) is 8.84. The minimum absolute atomic E-state index is 0.0264. The summed E-state index contributed by atoms with van der Waals surface area (Å²) in [7, 11) is 0. The summed E-state index contributed by atoms with van der Waals surface area (Å²) in [5.41, 5.74) is 0. The molecule has 0 radical (unpaired) electrons. The molecule has 0 aliphatic heterocycles. The molecule has 0 aromatic heterocycles. The summed E-state index contributed by atoms with van der Waals surface area (Å²) in [5.74, 6) is 0.0697. The first-order valence-electron chi connectivity index (χ1n) is 16.1. The predicted molar refractivity (Wildman–Crippen MR) is 190 cm³/mol. The van der Waals surface area contributed by atoms with Crippen LogP contribution in [0.5, 0.6) is 0 Å². The van der Waals surface area contributed by atoms with Gasteiger partial charge in [0.1, 0.15) is 0 Å². The van der Waals surface area contributed by atoms with Crippen LogP contribution in [0.2, 0.25) is 0 Å². The number of aliphatic hydroxyl groups excluding tert-OH is 5. The molecule has 0 heterocycles. The molecule has 2 amide bonds. The Morgan fingerprint density at radius 3 is 1.45 bits per heavy atom. The number of nitrogens with zero attached hydrogens (tertiary/aromatic N) is 3. The van der Waals surface area contributed by atoms with Gasteiger partial charge in [0.2, 0.25) is 11.8 Å². The van der Waals surface area contributed by atoms with Gasteiger partial charge in [0.25, 0.3) is 0 Å². The van der Waals surface area contributed by atoms with E-state index in [1.54, 1.807) is 4.90 Å². The number of nitrogens with one attached hydrogen (secondary N) is 3. The molecule has 0 fully saturated rings. The fourth-order valence-electron chi connectivity index (χ4n) is 4.45. The zero-order chi connectivity index (χ0) is 35.5. The van der Waals surface area contributed by atoms with E-state index in [0.29, 0.717) is 91.4 Å². The first kappa shape index (κ1) is 47.0. The average molecular weight is 779 g/mol. The second-order valence-electron chi connectivity index (χ2n) is 11.4. The summed E-state index contributed by atoms with van der Waals surface area (Å²) in [6, 6.07) is 0. The van der Waals surface area contributed by atoms with Gasteiger partial charge in [0, 0.05) is 121 Å². The maximum Gasteiger partial charge on any atom is 0.222 e. The molecule has 0 saturated heterocycles. The van der Waals surface area contributed by atoms with Gasteiger partial charge >= 0.3 is 0 Å². The molecule has 5 unspecified atom stereocenters. The highest BCUT2D eigenvalue weighted by atomic mass is 35.5. The molecule has 280 valence electrons. The number of amides is 2. The normalized spacial score (nSPS) is 15.1. The molecular weight excluding hydrogens is 722 g/mol. The van der Waals surface area contributed by atoms with Crippen LogP contribution >= 0.6 is 58.0 Å². The Kier molecular flexibility index (Phi) is 30.8. The van der Waals surface area contributed by atoms with Gasteiger partial charge in [-0.1, -0.05) is 0 Å². The molecule has 0 saturated carbocycles. The van der Waals surface area contributed by atoms with Crippen molar-refractivity contribution >= 4 is 69.8 Å². The SMILES string of the molecule is O=C(CCCCC(=O)N(CCN(CCNCC(O)CCl)CC(O)CCl)CC(O)CCl)NCCN(CCNCC(O)CCl)CC(O)CCl. The molecule has 0 bridgehead atoms. The van der Waals surface area contributed by atoms with Gasteiger partial charge in [0.15, 0.2) is 0 Å². The smallest absolute Gasteiger partial charge is 0.222 e. The number of rotatable bonds is 32. The lowest BCUT2D eigenvalue weighted by Gasteiger charge is -2.30. The van der Waals surface area contributed by atoms with Gasteiger partial charge in [-0.3, -0.25) is 19.4 Å². The predicted octanol–water partition coefficient (Wildman–Crippen LogP) is -0.727. The molecule has 8 N–H and O–H groups in total. The van der Waals surface area contributed by atoms with E-state index in [1.165, 1.54) is 0 Å². The topological polar surface area (TPSA) is 181 Å². The molecule has 0 aromatic rings. The van der Waals surface area contributed by atoms with Crippen LogP contribution in [-0.2, 0) is 9.59 Å². The molecule has 0 aromatic carbocycles. The molecule has 0 aliphatic carbocycles. The van der Waals surface area contributed by atoms with Crippen molar-refractivity contribution in [2.45, 2.75) is 56.2 Å². The fourth-order valence-corrected chi connectivity index (χ4v) is 4.96. The van der Waals surface area contributed by atoms with Crippen molar-refractivity contribution in [3.8, 4) is 0 Å². The number of carbonyl (C=O) groups is 2. The Morgan fingerprint density at radius 1 is 0.532 bits per heavy atom. The number of halogens is 5. The highest BCUT2D eigenvalue weighted by Crippen LogP contribution is 2.07. The molecule has 0 rings (SSSR count). The highest BCUT2D eigenvalue weighted by Gasteiger charge is 2.20. The van der Waals surface area contributed by atoms with E-state index in [9.17, 15) is 35.1 Å². The van der Waals surface area contributed by atoms with Gasteiger partial charge < -0.3 is 46.4 Å². The lowest BCUT2D eigenvalue weighted by Crippen LogP contribution is -2.46. The highest BCUT2D eigenvalue weighted by molar-refractivity contribution is 6.19. The maximum absolute atomic E-state index is 13.1. The van der Waals surface area contributed by atoms with E-state index >= 15 is 0 Å². The van der Waals surface area contributed by atoms with Crippen molar-refractivity contribution in [3.63, 3.8) is 0 Å². The van der Waals surface area contributed by atoms with Crippen molar-refractivity contribution in [1.82, 2.24) is 30.7 Å². The Hall–Kier alpha value is 0.0300. The Bertz CT molecular complexity index is 789.